The second-order valence-corrected chi connectivity index (χ2v) is 8.20. The lowest BCUT2D eigenvalue weighted by Gasteiger charge is -2.14. The van der Waals surface area contributed by atoms with E-state index in [0.717, 1.165) is 28.1 Å². The van der Waals surface area contributed by atoms with Crippen molar-refractivity contribution in [3.8, 4) is 0 Å². The summed E-state index contributed by atoms with van der Waals surface area (Å²) in [7, 11) is -3.64. The Morgan fingerprint density at radius 3 is 2.11 bits per heavy atom. The van der Waals surface area contributed by atoms with Crippen LogP contribution in [0.1, 0.15) is 22.4 Å². The highest BCUT2D eigenvalue weighted by Gasteiger charge is 2.19. The lowest BCUT2D eigenvalue weighted by atomic mass is 10.1. The van der Waals surface area contributed by atoms with Gasteiger partial charge in [0, 0.05) is 17.6 Å². The number of benzene rings is 2. The van der Waals surface area contributed by atoms with Crippen LogP contribution in [0.5, 0.6) is 0 Å². The quantitative estimate of drug-likeness (QED) is 0.663. The Bertz CT molecular complexity index is 1010. The third-order valence-electron chi connectivity index (χ3n) is 4.21. The van der Waals surface area contributed by atoms with Crippen LogP contribution in [0.3, 0.4) is 0 Å². The van der Waals surface area contributed by atoms with Crippen molar-refractivity contribution >= 4 is 21.4 Å². The summed E-state index contributed by atoms with van der Waals surface area (Å²) < 4.78 is 28.3. The number of anilines is 2. The summed E-state index contributed by atoms with van der Waals surface area (Å²) in [4.78, 5) is 4.60. The zero-order valence-corrected chi connectivity index (χ0v) is 16.5. The lowest BCUT2D eigenvalue weighted by molar-refractivity contribution is 0.600. The average Bonchev–Trinajstić information content (AvgIpc) is 2.60. The zero-order valence-electron chi connectivity index (χ0n) is 15.7. The van der Waals surface area contributed by atoms with Crippen molar-refractivity contribution < 1.29 is 8.42 Å². The highest BCUT2D eigenvalue weighted by molar-refractivity contribution is 7.92. The molecule has 0 unspecified atom stereocenters. The molecule has 0 atom stereocenters. The minimum atomic E-state index is -3.64. The minimum Gasteiger partial charge on any atom is -0.379 e. The van der Waals surface area contributed by atoms with Gasteiger partial charge in [-0.2, -0.15) is 0 Å². The maximum atomic E-state index is 12.8. The van der Waals surface area contributed by atoms with Crippen LogP contribution in [-0.2, 0) is 16.6 Å². The molecule has 5 nitrogen and oxygen atoms in total. The van der Waals surface area contributed by atoms with Gasteiger partial charge in [-0.3, -0.25) is 9.71 Å². The number of nitrogens with zero attached hydrogens (tertiary/aromatic N) is 1. The fourth-order valence-corrected chi connectivity index (χ4v) is 4.66. The van der Waals surface area contributed by atoms with Crippen LogP contribution in [-0.4, -0.2) is 13.4 Å². The SMILES string of the molecule is Cc1cc(C)c(S(=O)(=O)Nc2ccc(NCc3ccccn3)cc2)c(C)c1. The molecule has 0 fully saturated rings. The molecule has 0 aliphatic heterocycles. The number of nitrogens with one attached hydrogen (secondary N) is 2. The zero-order chi connectivity index (χ0) is 19.4. The summed E-state index contributed by atoms with van der Waals surface area (Å²) in [5.74, 6) is 0. The van der Waals surface area contributed by atoms with Crippen molar-refractivity contribution in [3.63, 3.8) is 0 Å². The van der Waals surface area contributed by atoms with Crippen molar-refractivity contribution in [2.45, 2.75) is 32.2 Å². The molecule has 2 aromatic carbocycles. The third-order valence-corrected chi connectivity index (χ3v) is 5.90. The lowest BCUT2D eigenvalue weighted by Crippen LogP contribution is -2.16. The molecule has 0 saturated carbocycles. The maximum Gasteiger partial charge on any atom is 0.262 e. The molecule has 0 saturated heterocycles. The minimum absolute atomic E-state index is 0.338. The number of hydrogen-bond acceptors (Lipinski definition) is 4. The van der Waals surface area contributed by atoms with Crippen molar-refractivity contribution in [3.05, 3.63) is 83.2 Å². The van der Waals surface area contributed by atoms with E-state index in [1.165, 1.54) is 0 Å². The fraction of sp³-hybridized carbons (Fsp3) is 0.190. The average molecular weight is 382 g/mol. The third kappa shape index (κ3) is 4.65. The molecular weight excluding hydrogens is 358 g/mol. The molecule has 0 spiro atoms. The van der Waals surface area contributed by atoms with Crippen LogP contribution in [0.25, 0.3) is 0 Å². The van der Waals surface area contributed by atoms with Gasteiger partial charge in [0.25, 0.3) is 10.0 Å². The van der Waals surface area contributed by atoms with Gasteiger partial charge in [0.1, 0.15) is 0 Å². The predicted octanol–water partition coefficient (Wildman–Crippen LogP) is 4.42. The van der Waals surface area contributed by atoms with Gasteiger partial charge >= 0.3 is 0 Å². The first-order valence-electron chi connectivity index (χ1n) is 8.70. The summed E-state index contributed by atoms with van der Waals surface area (Å²) in [6.07, 6.45) is 1.75. The number of rotatable bonds is 6. The molecular formula is C21H23N3O2S. The highest BCUT2D eigenvalue weighted by atomic mass is 32.2. The molecule has 0 aliphatic rings. The molecule has 3 rings (SSSR count). The molecule has 3 aromatic rings. The van der Waals surface area contributed by atoms with E-state index in [1.807, 2.05) is 63.2 Å². The number of hydrogen-bond donors (Lipinski definition) is 2. The maximum absolute atomic E-state index is 12.8. The van der Waals surface area contributed by atoms with E-state index < -0.39 is 10.0 Å². The number of aromatic nitrogens is 1. The van der Waals surface area contributed by atoms with E-state index in [9.17, 15) is 8.42 Å². The summed E-state index contributed by atoms with van der Waals surface area (Å²) >= 11 is 0. The summed E-state index contributed by atoms with van der Waals surface area (Å²) in [6, 6.07) is 16.7. The standard InChI is InChI=1S/C21H23N3O2S/c1-15-12-16(2)21(17(3)13-15)27(25,26)24-19-9-7-18(8-10-19)23-14-20-6-4-5-11-22-20/h4-13,23-24H,14H2,1-3H3. The van der Waals surface area contributed by atoms with Crippen LogP contribution in [0.15, 0.2) is 65.7 Å². The number of pyridine rings is 1. The second kappa shape index (κ2) is 7.80. The van der Waals surface area contributed by atoms with E-state index in [4.69, 9.17) is 0 Å². The van der Waals surface area contributed by atoms with Crippen LogP contribution in [0.4, 0.5) is 11.4 Å². The van der Waals surface area contributed by atoms with Gasteiger partial charge in [-0.25, -0.2) is 8.42 Å². The first-order valence-corrected chi connectivity index (χ1v) is 10.2. The van der Waals surface area contributed by atoms with Gasteiger partial charge in [-0.1, -0.05) is 23.8 Å². The summed E-state index contributed by atoms with van der Waals surface area (Å²) in [6.45, 7) is 6.20. The Kier molecular flexibility index (Phi) is 5.46. The molecule has 140 valence electrons. The molecule has 0 radical (unpaired) electrons. The largest absolute Gasteiger partial charge is 0.379 e. The van der Waals surface area contributed by atoms with Crippen LogP contribution >= 0.6 is 0 Å². The Morgan fingerprint density at radius 1 is 0.889 bits per heavy atom. The first-order chi connectivity index (χ1) is 12.8. The van der Waals surface area contributed by atoms with Crippen LogP contribution in [0, 0.1) is 20.8 Å². The Balaban J connectivity index is 1.72. The monoisotopic (exact) mass is 381 g/mol. The topological polar surface area (TPSA) is 71.1 Å². The molecule has 0 amide bonds. The normalized spacial score (nSPS) is 11.2. The fourth-order valence-electron chi connectivity index (χ4n) is 3.15. The summed E-state index contributed by atoms with van der Waals surface area (Å²) in [5.41, 5.74) is 4.89. The van der Waals surface area contributed by atoms with Gasteiger partial charge in [0.2, 0.25) is 0 Å². The summed E-state index contributed by atoms with van der Waals surface area (Å²) in [5, 5.41) is 3.27. The van der Waals surface area contributed by atoms with Crippen molar-refractivity contribution in [2.75, 3.05) is 10.0 Å². The Hall–Kier alpha value is -2.86. The second-order valence-electron chi connectivity index (χ2n) is 6.59. The first kappa shape index (κ1) is 18.9. The molecule has 1 heterocycles. The molecule has 6 heteroatoms. The highest BCUT2D eigenvalue weighted by Crippen LogP contribution is 2.25. The molecule has 2 N–H and O–H groups in total. The van der Waals surface area contributed by atoms with Gasteiger partial charge in [-0.15, -0.1) is 0 Å². The van der Waals surface area contributed by atoms with Crippen molar-refractivity contribution in [1.29, 1.82) is 0 Å². The molecule has 27 heavy (non-hydrogen) atoms. The van der Waals surface area contributed by atoms with Gasteiger partial charge in [-0.05, 0) is 68.3 Å². The van der Waals surface area contributed by atoms with Crippen molar-refractivity contribution in [2.24, 2.45) is 0 Å². The van der Waals surface area contributed by atoms with E-state index >= 15 is 0 Å². The van der Waals surface area contributed by atoms with E-state index in [0.29, 0.717) is 17.1 Å². The molecule has 0 bridgehead atoms. The van der Waals surface area contributed by atoms with Crippen LogP contribution in [0.2, 0.25) is 0 Å². The van der Waals surface area contributed by atoms with Gasteiger partial charge in [0.05, 0.1) is 17.1 Å². The Labute approximate surface area is 160 Å². The smallest absolute Gasteiger partial charge is 0.262 e. The van der Waals surface area contributed by atoms with Crippen molar-refractivity contribution in [1.82, 2.24) is 4.98 Å². The van der Waals surface area contributed by atoms with E-state index in [1.54, 1.807) is 18.3 Å². The number of sulfonamides is 1. The number of aryl methyl sites for hydroxylation is 3. The van der Waals surface area contributed by atoms with E-state index in [2.05, 4.69) is 15.0 Å². The van der Waals surface area contributed by atoms with Gasteiger partial charge in [0.15, 0.2) is 0 Å². The predicted molar refractivity (Wildman–Crippen MR) is 109 cm³/mol. The Morgan fingerprint density at radius 2 is 1.52 bits per heavy atom. The molecule has 0 aliphatic carbocycles. The molecule has 1 aromatic heterocycles. The van der Waals surface area contributed by atoms with Gasteiger partial charge < -0.3 is 5.32 Å². The van der Waals surface area contributed by atoms with E-state index in [-0.39, 0.29) is 0 Å². The van der Waals surface area contributed by atoms with Crippen LogP contribution < -0.4 is 10.0 Å².